The minimum Gasteiger partial charge on any atom is -0.331 e. The Morgan fingerprint density at radius 2 is 0.969 bits per heavy atom. The van der Waals surface area contributed by atoms with E-state index in [2.05, 4.69) is 64.2 Å². The summed E-state index contributed by atoms with van der Waals surface area (Å²) in [5.41, 5.74) is 11.9. The van der Waals surface area contributed by atoms with E-state index in [-0.39, 0.29) is 34.9 Å². The molecule has 0 saturated carbocycles. The predicted molar refractivity (Wildman–Crippen MR) is 142 cm³/mol. The van der Waals surface area contributed by atoms with Crippen LogP contribution in [-0.4, -0.2) is 22.0 Å². The molecule has 8 nitrogen and oxygen atoms in total. The van der Waals surface area contributed by atoms with E-state index in [0.717, 1.165) is 20.3 Å². The zero-order valence-corrected chi connectivity index (χ0v) is 21.6. The third-order valence-corrected chi connectivity index (χ3v) is 5.36. The highest BCUT2D eigenvalue weighted by Gasteiger charge is 2.06. The summed E-state index contributed by atoms with van der Waals surface area (Å²) >= 11 is 17.0. The second kappa shape index (κ2) is 14.0. The summed E-state index contributed by atoms with van der Waals surface area (Å²) in [6, 6.07) is 14.9. The topological polar surface area (TPSA) is 106 Å². The fourth-order valence-corrected chi connectivity index (χ4v) is 3.21. The molecule has 0 aliphatic carbocycles. The van der Waals surface area contributed by atoms with Crippen molar-refractivity contribution in [2.45, 2.75) is 25.7 Å². The number of benzene rings is 2. The third-order valence-electron chi connectivity index (χ3n) is 3.89. The molecular weight excluding hydrogens is 580 g/mol. The lowest BCUT2D eigenvalue weighted by molar-refractivity contribution is -0.123. The number of carbonyl (C=O) groups is 2. The van der Waals surface area contributed by atoms with E-state index >= 15 is 0 Å². The molecule has 6 N–H and O–H groups in total. The molecule has 0 heterocycles. The van der Waals surface area contributed by atoms with Crippen molar-refractivity contribution in [2.24, 2.45) is 0 Å². The maximum Gasteiger partial charge on any atom is 0.238 e. The van der Waals surface area contributed by atoms with Crippen molar-refractivity contribution in [3.8, 4) is 0 Å². The van der Waals surface area contributed by atoms with Gasteiger partial charge in [0.1, 0.15) is 0 Å². The molecule has 32 heavy (non-hydrogen) atoms. The summed E-state index contributed by atoms with van der Waals surface area (Å²) in [7, 11) is 0. The van der Waals surface area contributed by atoms with Crippen LogP contribution in [0.25, 0.3) is 0 Å². The standard InChI is InChI=1S/C20H22Br2N6O2S2/c21-13-5-9-15(10-6-13)23-19(31)27-25-17(29)3-1-2-4-18(30)26-28-20(32)24-16-11-7-14(22)8-12-16/h5-12H,1-4H2,(H,25,29)(H,26,30)(H2,23,27,31)(H2,24,28,32). The number of anilines is 2. The molecule has 0 atom stereocenters. The SMILES string of the molecule is O=C(CCCCC(=O)NNC(=S)Nc1ccc(Br)cc1)NNC(=S)Nc1ccc(Br)cc1. The number of hydrogen-bond acceptors (Lipinski definition) is 4. The number of amides is 2. The molecule has 170 valence electrons. The van der Waals surface area contributed by atoms with Crippen LogP contribution in [0.2, 0.25) is 0 Å². The Labute approximate surface area is 213 Å². The fourth-order valence-electron chi connectivity index (χ4n) is 2.34. The van der Waals surface area contributed by atoms with Gasteiger partial charge in [-0.3, -0.25) is 31.3 Å². The normalized spacial score (nSPS) is 9.94. The second-order valence-corrected chi connectivity index (χ2v) is 9.12. The largest absolute Gasteiger partial charge is 0.331 e. The first kappa shape index (κ1) is 26.0. The maximum absolute atomic E-state index is 11.9. The molecule has 0 spiro atoms. The van der Waals surface area contributed by atoms with Crippen LogP contribution in [-0.2, 0) is 9.59 Å². The summed E-state index contributed by atoms with van der Waals surface area (Å²) in [4.78, 5) is 23.8. The van der Waals surface area contributed by atoms with Crippen LogP contribution < -0.4 is 32.3 Å². The number of halogens is 2. The summed E-state index contributed by atoms with van der Waals surface area (Å²) in [5, 5.41) is 6.46. The third kappa shape index (κ3) is 10.8. The molecule has 2 rings (SSSR count). The lowest BCUT2D eigenvalue weighted by Gasteiger charge is -2.12. The molecule has 0 aliphatic rings. The summed E-state index contributed by atoms with van der Waals surface area (Å²) in [5.74, 6) is -0.438. The molecule has 0 aliphatic heterocycles. The van der Waals surface area contributed by atoms with Gasteiger partial charge in [0, 0.05) is 33.2 Å². The van der Waals surface area contributed by atoms with Crippen molar-refractivity contribution in [1.82, 2.24) is 21.7 Å². The van der Waals surface area contributed by atoms with Crippen LogP contribution in [0.5, 0.6) is 0 Å². The molecule has 2 amide bonds. The maximum atomic E-state index is 11.9. The minimum atomic E-state index is -0.219. The van der Waals surface area contributed by atoms with Crippen molar-refractivity contribution < 1.29 is 9.59 Å². The molecule has 2 aromatic rings. The van der Waals surface area contributed by atoms with Gasteiger partial charge in [0.15, 0.2) is 10.2 Å². The number of nitrogens with one attached hydrogen (secondary N) is 6. The number of hydrogen-bond donors (Lipinski definition) is 6. The van der Waals surface area contributed by atoms with E-state index in [4.69, 9.17) is 24.4 Å². The molecule has 0 radical (unpaired) electrons. The van der Waals surface area contributed by atoms with Gasteiger partial charge < -0.3 is 10.6 Å². The molecular formula is C20H22Br2N6O2S2. The Bertz CT molecular complexity index is 865. The zero-order chi connectivity index (χ0) is 23.3. The van der Waals surface area contributed by atoms with E-state index in [1.54, 1.807) is 0 Å². The van der Waals surface area contributed by atoms with Crippen LogP contribution in [0, 0.1) is 0 Å². The van der Waals surface area contributed by atoms with Gasteiger partial charge >= 0.3 is 0 Å². The number of hydrazine groups is 2. The molecule has 0 aromatic heterocycles. The highest BCUT2D eigenvalue weighted by atomic mass is 79.9. The van der Waals surface area contributed by atoms with Crippen molar-refractivity contribution >= 4 is 89.7 Å². The monoisotopic (exact) mass is 600 g/mol. The molecule has 2 aromatic carbocycles. The van der Waals surface area contributed by atoms with Crippen molar-refractivity contribution in [1.29, 1.82) is 0 Å². The number of thiocarbonyl (C=S) groups is 2. The zero-order valence-electron chi connectivity index (χ0n) is 16.8. The van der Waals surface area contributed by atoms with Gasteiger partial charge in [0.05, 0.1) is 0 Å². The number of carbonyl (C=O) groups excluding carboxylic acids is 2. The van der Waals surface area contributed by atoms with Gasteiger partial charge in [0.2, 0.25) is 11.8 Å². The molecule has 0 bridgehead atoms. The molecule has 0 unspecified atom stereocenters. The highest BCUT2D eigenvalue weighted by Crippen LogP contribution is 2.14. The summed E-state index contributed by atoms with van der Waals surface area (Å²) < 4.78 is 1.92. The van der Waals surface area contributed by atoms with Crippen molar-refractivity contribution in [3.05, 3.63) is 57.5 Å². The first-order valence-electron chi connectivity index (χ1n) is 9.54. The molecule has 0 saturated heterocycles. The first-order chi connectivity index (χ1) is 15.3. The van der Waals surface area contributed by atoms with Crippen LogP contribution in [0.1, 0.15) is 25.7 Å². The van der Waals surface area contributed by atoms with E-state index in [1.807, 2.05) is 48.5 Å². The smallest absolute Gasteiger partial charge is 0.238 e. The minimum absolute atomic E-state index is 0.219. The van der Waals surface area contributed by atoms with Gasteiger partial charge in [-0.05, 0) is 85.8 Å². The predicted octanol–water partition coefficient (Wildman–Crippen LogP) is 4.11. The number of unbranched alkanes of at least 4 members (excludes halogenated alkanes) is 1. The van der Waals surface area contributed by atoms with Gasteiger partial charge in [-0.2, -0.15) is 0 Å². The number of rotatable bonds is 7. The molecule has 12 heteroatoms. The highest BCUT2D eigenvalue weighted by molar-refractivity contribution is 9.10. The Morgan fingerprint density at radius 1 is 0.625 bits per heavy atom. The Kier molecular flexibility index (Phi) is 11.4. The van der Waals surface area contributed by atoms with E-state index in [9.17, 15) is 9.59 Å². The summed E-state index contributed by atoms with van der Waals surface area (Å²) in [6.45, 7) is 0. The van der Waals surface area contributed by atoms with Crippen molar-refractivity contribution in [3.63, 3.8) is 0 Å². The van der Waals surface area contributed by atoms with Crippen LogP contribution in [0.3, 0.4) is 0 Å². The van der Waals surface area contributed by atoms with E-state index in [1.165, 1.54) is 0 Å². The Balaban J connectivity index is 1.52. The quantitative estimate of drug-likeness (QED) is 0.160. The lowest BCUT2D eigenvalue weighted by atomic mass is 10.2. The van der Waals surface area contributed by atoms with Gasteiger partial charge in [-0.1, -0.05) is 31.9 Å². The summed E-state index contributed by atoms with van der Waals surface area (Å²) in [6.07, 6.45) is 1.63. The van der Waals surface area contributed by atoms with Gasteiger partial charge in [-0.15, -0.1) is 0 Å². The Morgan fingerprint density at radius 3 is 1.31 bits per heavy atom. The van der Waals surface area contributed by atoms with Crippen LogP contribution in [0.4, 0.5) is 11.4 Å². The van der Waals surface area contributed by atoms with Gasteiger partial charge in [0.25, 0.3) is 0 Å². The van der Waals surface area contributed by atoms with E-state index in [0.29, 0.717) is 12.8 Å². The lowest BCUT2D eigenvalue weighted by Crippen LogP contribution is -2.44. The van der Waals surface area contributed by atoms with Crippen molar-refractivity contribution in [2.75, 3.05) is 10.6 Å². The van der Waals surface area contributed by atoms with Gasteiger partial charge in [-0.25, -0.2) is 0 Å². The average Bonchev–Trinajstić information content (AvgIpc) is 2.77. The van der Waals surface area contributed by atoms with Crippen LogP contribution >= 0.6 is 56.3 Å². The van der Waals surface area contributed by atoms with Crippen LogP contribution in [0.15, 0.2) is 57.5 Å². The second-order valence-electron chi connectivity index (χ2n) is 6.48. The Hall–Kier alpha value is -2.28. The fraction of sp³-hybridized carbons (Fsp3) is 0.200. The van der Waals surface area contributed by atoms with E-state index < -0.39 is 0 Å². The molecule has 0 fully saturated rings. The first-order valence-corrected chi connectivity index (χ1v) is 11.9. The average molecular weight is 602 g/mol.